The van der Waals surface area contributed by atoms with Crippen molar-refractivity contribution in [3.8, 4) is 5.75 Å². The van der Waals surface area contributed by atoms with Crippen molar-refractivity contribution in [2.75, 3.05) is 6.54 Å². The lowest BCUT2D eigenvalue weighted by Crippen LogP contribution is -2.38. The molecule has 0 fully saturated rings. The van der Waals surface area contributed by atoms with Crippen molar-refractivity contribution in [2.24, 2.45) is 0 Å². The van der Waals surface area contributed by atoms with E-state index in [1.165, 1.54) is 5.56 Å². The zero-order valence-electron chi connectivity index (χ0n) is 19.3. The van der Waals surface area contributed by atoms with Crippen LogP contribution in [0.25, 0.3) is 0 Å². The molecule has 0 aromatic heterocycles. The second-order valence-electron chi connectivity index (χ2n) is 7.99. The van der Waals surface area contributed by atoms with Crippen molar-refractivity contribution in [2.45, 2.75) is 65.6 Å². The van der Waals surface area contributed by atoms with E-state index in [9.17, 15) is 10.2 Å². The smallest absolute Gasteiger partial charge is 0.119 e. The van der Waals surface area contributed by atoms with Gasteiger partial charge in [0.05, 0.1) is 6.61 Å². The monoisotopic (exact) mass is 409 g/mol. The predicted molar refractivity (Wildman–Crippen MR) is 129 cm³/mol. The van der Waals surface area contributed by atoms with E-state index < -0.39 is 0 Å². The van der Waals surface area contributed by atoms with Gasteiger partial charge in [0.15, 0.2) is 0 Å². The number of benzene rings is 2. The van der Waals surface area contributed by atoms with E-state index in [-0.39, 0.29) is 12.5 Å². The van der Waals surface area contributed by atoms with Gasteiger partial charge in [-0.3, -0.25) is 4.90 Å². The van der Waals surface area contributed by atoms with E-state index in [1.54, 1.807) is 18.2 Å². The molecule has 0 spiro atoms. The van der Waals surface area contributed by atoms with Crippen molar-refractivity contribution < 1.29 is 10.2 Å². The minimum Gasteiger partial charge on any atom is -0.508 e. The summed E-state index contributed by atoms with van der Waals surface area (Å²) in [6, 6.07) is 16.7. The van der Waals surface area contributed by atoms with Crippen LogP contribution in [-0.2, 0) is 6.61 Å². The molecule has 2 aromatic carbocycles. The summed E-state index contributed by atoms with van der Waals surface area (Å²) in [4.78, 5) is 2.48. The highest BCUT2D eigenvalue weighted by Gasteiger charge is 2.21. The Morgan fingerprint density at radius 1 is 1.00 bits per heavy atom. The first-order valence-electron chi connectivity index (χ1n) is 10.8. The molecule has 0 aliphatic rings. The number of aliphatic hydroxyl groups excluding tert-OH is 1. The zero-order valence-corrected chi connectivity index (χ0v) is 19.3. The molecular formula is C27H39NO2. The Morgan fingerprint density at radius 2 is 1.63 bits per heavy atom. The molecule has 0 heterocycles. The molecule has 2 aromatic rings. The summed E-state index contributed by atoms with van der Waals surface area (Å²) in [5.41, 5.74) is 2.92. The van der Waals surface area contributed by atoms with Crippen molar-refractivity contribution in [1.82, 2.24) is 4.90 Å². The van der Waals surface area contributed by atoms with Crippen LogP contribution >= 0.6 is 0 Å². The van der Waals surface area contributed by atoms with Gasteiger partial charge in [-0.1, -0.05) is 61.2 Å². The van der Waals surface area contributed by atoms with Crippen LogP contribution < -0.4 is 0 Å². The molecule has 3 nitrogen and oxygen atoms in total. The molecule has 1 unspecified atom stereocenters. The molecule has 2 N–H and O–H groups in total. The topological polar surface area (TPSA) is 43.7 Å². The number of phenols is 1. The molecular weight excluding hydrogens is 370 g/mol. The first kappa shape index (κ1) is 25.7. The fraction of sp³-hybridized carbons (Fsp3) is 0.407. The number of aliphatic hydroxyl groups is 1. The van der Waals surface area contributed by atoms with Gasteiger partial charge < -0.3 is 10.2 Å². The highest BCUT2D eigenvalue weighted by atomic mass is 16.3. The first-order chi connectivity index (χ1) is 14.3. The molecule has 1 atom stereocenters. The van der Waals surface area contributed by atoms with Crippen molar-refractivity contribution in [1.29, 1.82) is 0 Å². The Bertz CT molecular complexity index is 758. The second kappa shape index (κ2) is 13.8. The van der Waals surface area contributed by atoms with Crippen LogP contribution in [0.2, 0.25) is 0 Å². The summed E-state index contributed by atoms with van der Waals surface area (Å²) < 4.78 is 0. The van der Waals surface area contributed by atoms with Crippen molar-refractivity contribution >= 4 is 0 Å². The van der Waals surface area contributed by atoms with E-state index in [1.807, 2.05) is 43.3 Å². The highest BCUT2D eigenvalue weighted by molar-refractivity contribution is 5.43. The third-order valence-electron chi connectivity index (χ3n) is 5.18. The van der Waals surface area contributed by atoms with Crippen LogP contribution in [0.15, 0.2) is 73.3 Å². The molecule has 0 aliphatic heterocycles. The van der Waals surface area contributed by atoms with Gasteiger partial charge in [-0.05, 0) is 70.8 Å². The maximum Gasteiger partial charge on any atom is 0.119 e. The van der Waals surface area contributed by atoms with Crippen LogP contribution in [0.5, 0.6) is 5.75 Å². The Balaban J connectivity index is 0.000000804. The Labute approximate surface area is 183 Å². The fourth-order valence-corrected chi connectivity index (χ4v) is 3.70. The quantitative estimate of drug-likeness (QED) is 0.479. The van der Waals surface area contributed by atoms with Crippen LogP contribution in [0.1, 0.15) is 63.6 Å². The maximum absolute atomic E-state index is 10.5. The maximum atomic E-state index is 10.5. The Hall–Kier alpha value is -2.36. The minimum atomic E-state index is -0.0150. The van der Waals surface area contributed by atoms with Gasteiger partial charge in [0, 0.05) is 23.6 Å². The number of aromatic hydroxyl groups is 1. The van der Waals surface area contributed by atoms with E-state index in [0.29, 0.717) is 17.8 Å². The third-order valence-corrected chi connectivity index (χ3v) is 5.18. The Kier molecular flexibility index (Phi) is 11.8. The number of rotatable bonds is 9. The largest absolute Gasteiger partial charge is 0.508 e. The fourth-order valence-electron chi connectivity index (χ4n) is 3.70. The molecule has 0 bridgehead atoms. The normalized spacial score (nSPS) is 12.3. The van der Waals surface area contributed by atoms with Crippen LogP contribution in [0, 0.1) is 0 Å². The average molecular weight is 410 g/mol. The number of nitrogens with zero attached hydrogens (tertiary/aromatic N) is 1. The molecule has 164 valence electrons. The molecule has 3 heteroatoms. The number of phenolic OH excluding ortho intramolecular Hbond substituents is 1. The van der Waals surface area contributed by atoms with E-state index in [2.05, 4.69) is 51.3 Å². The molecule has 0 amide bonds. The minimum absolute atomic E-state index is 0.0150. The van der Waals surface area contributed by atoms with Crippen molar-refractivity contribution in [3.05, 3.63) is 90.0 Å². The third kappa shape index (κ3) is 8.17. The van der Waals surface area contributed by atoms with Gasteiger partial charge in [0.2, 0.25) is 0 Å². The zero-order chi connectivity index (χ0) is 22.5. The second-order valence-corrected chi connectivity index (χ2v) is 7.99. The van der Waals surface area contributed by atoms with Gasteiger partial charge in [-0.15, -0.1) is 0 Å². The van der Waals surface area contributed by atoms with E-state index >= 15 is 0 Å². The molecule has 2 rings (SSSR count). The lowest BCUT2D eigenvalue weighted by Gasteiger charge is -2.32. The molecule has 0 radical (unpaired) electrons. The van der Waals surface area contributed by atoms with Gasteiger partial charge in [0.25, 0.3) is 0 Å². The molecule has 30 heavy (non-hydrogen) atoms. The molecule has 0 saturated carbocycles. The summed E-state index contributed by atoms with van der Waals surface area (Å²) in [5, 5.41) is 19.9. The lowest BCUT2D eigenvalue weighted by atomic mass is 9.86. The van der Waals surface area contributed by atoms with E-state index in [0.717, 1.165) is 24.1 Å². The summed E-state index contributed by atoms with van der Waals surface area (Å²) in [5.74, 6) is 0.402. The molecule has 0 aliphatic carbocycles. The SMILES string of the molecule is C=C/C=C\C.CC(C)N(CCC(c1ccccc1)c1cc(CO)ccc1O)C(C)C. The van der Waals surface area contributed by atoms with Crippen LogP contribution in [-0.4, -0.2) is 33.7 Å². The van der Waals surface area contributed by atoms with Gasteiger partial charge in [0.1, 0.15) is 5.75 Å². The number of allylic oxidation sites excluding steroid dienone is 3. The summed E-state index contributed by atoms with van der Waals surface area (Å²) in [6.07, 6.45) is 6.50. The average Bonchev–Trinajstić information content (AvgIpc) is 2.73. The van der Waals surface area contributed by atoms with Crippen molar-refractivity contribution in [3.63, 3.8) is 0 Å². The standard InChI is InChI=1S/C22H31NO2.C5H8/c1-16(2)23(17(3)4)13-12-20(19-8-6-5-7-9-19)21-14-18(15-24)10-11-22(21)25;1-3-5-4-2/h5-11,14,16-17,20,24-25H,12-13,15H2,1-4H3;3-5H,1H2,2H3/b;5-4-. The Morgan fingerprint density at radius 3 is 2.10 bits per heavy atom. The van der Waals surface area contributed by atoms with Gasteiger partial charge >= 0.3 is 0 Å². The summed E-state index contributed by atoms with van der Waals surface area (Å²) in [7, 11) is 0. The lowest BCUT2D eigenvalue weighted by molar-refractivity contribution is 0.170. The number of hydrogen-bond donors (Lipinski definition) is 2. The summed E-state index contributed by atoms with van der Waals surface area (Å²) >= 11 is 0. The number of hydrogen-bond acceptors (Lipinski definition) is 3. The van der Waals surface area contributed by atoms with Crippen LogP contribution in [0.3, 0.4) is 0 Å². The first-order valence-corrected chi connectivity index (χ1v) is 10.8. The van der Waals surface area contributed by atoms with E-state index in [4.69, 9.17) is 0 Å². The summed E-state index contributed by atoms with van der Waals surface area (Å²) in [6.45, 7) is 15.3. The van der Waals surface area contributed by atoms with Gasteiger partial charge in [-0.25, -0.2) is 0 Å². The predicted octanol–water partition coefficient (Wildman–Crippen LogP) is 6.27. The highest BCUT2D eigenvalue weighted by Crippen LogP contribution is 2.35. The molecule has 0 saturated heterocycles. The van der Waals surface area contributed by atoms with Gasteiger partial charge in [-0.2, -0.15) is 0 Å². The van der Waals surface area contributed by atoms with Crippen LogP contribution in [0.4, 0.5) is 0 Å².